The molecule has 2 fully saturated rings. The van der Waals surface area contributed by atoms with Gasteiger partial charge in [0.15, 0.2) is 0 Å². The highest BCUT2D eigenvalue weighted by molar-refractivity contribution is 7.89. The molecule has 24 heavy (non-hydrogen) atoms. The molecule has 2 aliphatic heterocycles. The van der Waals surface area contributed by atoms with Gasteiger partial charge in [-0.25, -0.2) is 13.4 Å². The minimum atomic E-state index is -3.08. The molecule has 0 bridgehead atoms. The monoisotopic (exact) mass is 353 g/mol. The van der Waals surface area contributed by atoms with E-state index >= 15 is 0 Å². The molecule has 134 valence electrons. The Kier molecular flexibility index (Phi) is 5.13. The lowest BCUT2D eigenvalue weighted by atomic mass is 9.77. The van der Waals surface area contributed by atoms with Gasteiger partial charge in [0, 0.05) is 30.9 Å². The van der Waals surface area contributed by atoms with E-state index in [1.165, 1.54) is 0 Å². The molecule has 0 radical (unpaired) electrons. The van der Waals surface area contributed by atoms with Gasteiger partial charge in [-0.1, -0.05) is 13.0 Å². The second kappa shape index (κ2) is 6.98. The minimum Gasteiger partial charge on any atom is -0.477 e. The zero-order valence-corrected chi connectivity index (χ0v) is 15.3. The number of pyridine rings is 1. The van der Waals surface area contributed by atoms with Crippen LogP contribution in [0.4, 0.5) is 0 Å². The van der Waals surface area contributed by atoms with Gasteiger partial charge in [0.25, 0.3) is 0 Å². The Morgan fingerprint density at radius 3 is 2.83 bits per heavy atom. The van der Waals surface area contributed by atoms with Gasteiger partial charge in [0.1, 0.15) is 0 Å². The van der Waals surface area contributed by atoms with Crippen molar-refractivity contribution in [2.45, 2.75) is 31.7 Å². The third-order valence-electron chi connectivity index (χ3n) is 5.25. The molecule has 0 N–H and O–H groups in total. The van der Waals surface area contributed by atoms with Crippen LogP contribution in [-0.4, -0.2) is 67.2 Å². The number of nitrogens with zero attached hydrogens (tertiary/aromatic N) is 3. The number of likely N-dealkylation sites (tertiary alicyclic amines) is 1. The van der Waals surface area contributed by atoms with E-state index < -0.39 is 10.0 Å². The topological polar surface area (TPSA) is 62.7 Å². The van der Waals surface area contributed by atoms with Crippen LogP contribution in [0.25, 0.3) is 0 Å². The largest absolute Gasteiger partial charge is 0.477 e. The quantitative estimate of drug-likeness (QED) is 0.777. The Bertz CT molecular complexity index is 644. The van der Waals surface area contributed by atoms with E-state index in [4.69, 9.17) is 4.74 Å². The lowest BCUT2D eigenvalue weighted by Gasteiger charge is -2.57. The van der Waals surface area contributed by atoms with Crippen molar-refractivity contribution < 1.29 is 13.2 Å². The van der Waals surface area contributed by atoms with E-state index in [1.54, 1.807) is 10.5 Å². The van der Waals surface area contributed by atoms with E-state index in [0.29, 0.717) is 37.9 Å². The number of hydrogen-bond donors (Lipinski definition) is 0. The fourth-order valence-corrected chi connectivity index (χ4v) is 5.40. The van der Waals surface area contributed by atoms with Crippen LogP contribution in [0.2, 0.25) is 0 Å². The highest BCUT2D eigenvalue weighted by Crippen LogP contribution is 2.39. The molecule has 2 aliphatic rings. The van der Waals surface area contributed by atoms with Gasteiger partial charge < -0.3 is 4.74 Å². The Hall–Kier alpha value is -1.18. The fourth-order valence-electron chi connectivity index (χ4n) is 3.75. The molecule has 1 aromatic heterocycles. The third kappa shape index (κ3) is 3.58. The van der Waals surface area contributed by atoms with Crippen molar-refractivity contribution in [3.8, 4) is 5.88 Å². The van der Waals surface area contributed by atoms with Crippen LogP contribution < -0.4 is 4.74 Å². The normalized spacial score (nSPS) is 24.7. The third-order valence-corrected chi connectivity index (χ3v) is 7.22. The minimum absolute atomic E-state index is 0.0167. The molecule has 1 aromatic rings. The molecule has 2 saturated heterocycles. The van der Waals surface area contributed by atoms with Gasteiger partial charge in [-0.2, -0.15) is 4.31 Å². The summed E-state index contributed by atoms with van der Waals surface area (Å²) in [5, 5.41) is 0. The predicted octanol–water partition coefficient (Wildman–Crippen LogP) is 1.60. The zero-order valence-electron chi connectivity index (χ0n) is 14.5. The van der Waals surface area contributed by atoms with Gasteiger partial charge >= 0.3 is 0 Å². The molecule has 6 nitrogen and oxygen atoms in total. The van der Waals surface area contributed by atoms with Crippen LogP contribution in [0.5, 0.6) is 5.88 Å². The first-order valence-electron chi connectivity index (χ1n) is 8.68. The molecular weight excluding hydrogens is 326 g/mol. The van der Waals surface area contributed by atoms with E-state index in [0.717, 1.165) is 19.4 Å². The van der Waals surface area contributed by atoms with Crippen molar-refractivity contribution in [2.24, 2.45) is 5.92 Å². The van der Waals surface area contributed by atoms with Crippen LogP contribution in [0, 0.1) is 5.92 Å². The first-order valence-corrected chi connectivity index (χ1v) is 10.3. The summed E-state index contributed by atoms with van der Waals surface area (Å²) < 4.78 is 31.9. The lowest BCUT2D eigenvalue weighted by molar-refractivity contribution is -0.0498. The molecule has 3 rings (SSSR count). The summed E-state index contributed by atoms with van der Waals surface area (Å²) in [7, 11) is -0.969. The molecule has 0 saturated carbocycles. The maximum atomic E-state index is 12.2. The number of hydrogen-bond acceptors (Lipinski definition) is 5. The molecule has 0 aromatic carbocycles. The highest BCUT2D eigenvalue weighted by atomic mass is 32.2. The number of sulfonamides is 1. The summed E-state index contributed by atoms with van der Waals surface area (Å²) in [6, 6.07) is 5.66. The molecule has 1 spiro atoms. The summed E-state index contributed by atoms with van der Waals surface area (Å²) in [6.45, 7) is 4.77. The smallest absolute Gasteiger partial charge is 0.214 e. The van der Waals surface area contributed by atoms with E-state index in [2.05, 4.69) is 16.9 Å². The number of rotatable bonds is 6. The van der Waals surface area contributed by atoms with Gasteiger partial charge in [0.2, 0.25) is 15.9 Å². The van der Waals surface area contributed by atoms with Crippen molar-refractivity contribution in [3.05, 3.63) is 24.4 Å². The van der Waals surface area contributed by atoms with Crippen molar-refractivity contribution in [3.63, 3.8) is 0 Å². The van der Waals surface area contributed by atoms with Crippen molar-refractivity contribution >= 4 is 10.0 Å². The summed E-state index contributed by atoms with van der Waals surface area (Å²) in [5.74, 6) is 1.35. The zero-order chi connectivity index (χ0) is 17.2. The number of likely N-dealkylation sites (N-methyl/N-ethyl adjacent to an activating group) is 1. The van der Waals surface area contributed by atoms with Crippen LogP contribution in [-0.2, 0) is 10.0 Å². The van der Waals surface area contributed by atoms with Gasteiger partial charge in [-0.05, 0) is 44.8 Å². The Morgan fingerprint density at radius 2 is 2.17 bits per heavy atom. The maximum Gasteiger partial charge on any atom is 0.214 e. The molecule has 3 heterocycles. The van der Waals surface area contributed by atoms with E-state index in [1.807, 2.05) is 25.1 Å². The molecule has 0 unspecified atom stereocenters. The van der Waals surface area contributed by atoms with Crippen LogP contribution in [0.1, 0.15) is 26.2 Å². The molecule has 7 heteroatoms. The Labute approximate surface area is 144 Å². The average molecular weight is 353 g/mol. The summed E-state index contributed by atoms with van der Waals surface area (Å²) >= 11 is 0. The maximum absolute atomic E-state index is 12.2. The van der Waals surface area contributed by atoms with Crippen LogP contribution in [0.15, 0.2) is 24.4 Å². The highest BCUT2D eigenvalue weighted by Gasteiger charge is 2.52. The molecule has 0 aliphatic carbocycles. The second-order valence-corrected chi connectivity index (χ2v) is 9.16. The van der Waals surface area contributed by atoms with Crippen molar-refractivity contribution in [1.29, 1.82) is 0 Å². The number of piperidine rings is 1. The van der Waals surface area contributed by atoms with Gasteiger partial charge in [0.05, 0.1) is 12.4 Å². The summed E-state index contributed by atoms with van der Waals surface area (Å²) in [6.07, 6.45) is 4.46. The predicted molar refractivity (Wildman–Crippen MR) is 93.5 cm³/mol. The number of aromatic nitrogens is 1. The van der Waals surface area contributed by atoms with Crippen molar-refractivity contribution in [1.82, 2.24) is 14.2 Å². The van der Waals surface area contributed by atoms with Gasteiger partial charge in [-0.15, -0.1) is 0 Å². The SMILES string of the molecule is CCCS(=O)(=O)N1CC2(C[C@H](COc3ccccn3)CCN2C)C1. The summed E-state index contributed by atoms with van der Waals surface area (Å²) in [5.41, 5.74) is -0.0167. The standard InChI is InChI=1S/C17H27N3O3S/c1-3-10-24(21,22)20-13-17(14-20)11-15(7-9-19(17)2)12-23-16-6-4-5-8-18-16/h4-6,8,15H,3,7,9-14H2,1-2H3/t15-/m1/s1. The van der Waals surface area contributed by atoms with Crippen LogP contribution in [0.3, 0.4) is 0 Å². The first kappa shape index (κ1) is 17.6. The van der Waals surface area contributed by atoms with E-state index in [9.17, 15) is 8.42 Å². The Morgan fingerprint density at radius 1 is 1.38 bits per heavy atom. The number of ether oxygens (including phenoxy) is 1. The first-order chi connectivity index (χ1) is 11.5. The van der Waals surface area contributed by atoms with E-state index in [-0.39, 0.29) is 11.3 Å². The average Bonchev–Trinajstić information content (AvgIpc) is 2.53. The molecule has 1 atom stereocenters. The Balaban J connectivity index is 1.57. The molecule has 0 amide bonds. The lowest BCUT2D eigenvalue weighted by Crippen LogP contribution is -2.72. The second-order valence-electron chi connectivity index (χ2n) is 7.07. The summed E-state index contributed by atoms with van der Waals surface area (Å²) in [4.78, 5) is 6.53. The van der Waals surface area contributed by atoms with Crippen molar-refractivity contribution in [2.75, 3.05) is 39.0 Å². The molecular formula is C17H27N3O3S. The fraction of sp³-hybridized carbons (Fsp3) is 0.706. The van der Waals surface area contributed by atoms with Crippen LogP contribution >= 0.6 is 0 Å². The van der Waals surface area contributed by atoms with Gasteiger partial charge in [-0.3, -0.25) is 4.90 Å².